The van der Waals surface area contributed by atoms with E-state index in [-0.39, 0.29) is 5.54 Å². The van der Waals surface area contributed by atoms with Crippen molar-refractivity contribution in [3.63, 3.8) is 0 Å². The second-order valence-corrected chi connectivity index (χ2v) is 6.34. The van der Waals surface area contributed by atoms with Gasteiger partial charge < -0.3 is 15.4 Å². The van der Waals surface area contributed by atoms with Crippen LogP contribution in [0.4, 0.5) is 0 Å². The SMILES string of the molecule is COCCNC1(c2nc(C(C)C)cs2)CCNCC1. The highest BCUT2D eigenvalue weighted by atomic mass is 32.1. The van der Waals surface area contributed by atoms with Crippen molar-refractivity contribution in [2.75, 3.05) is 33.4 Å². The Bertz CT molecular complexity index is 386. The number of rotatable bonds is 6. The molecule has 0 atom stereocenters. The van der Waals surface area contributed by atoms with Crippen LogP contribution in [0.3, 0.4) is 0 Å². The average molecular weight is 283 g/mol. The highest BCUT2D eigenvalue weighted by Crippen LogP contribution is 2.34. The summed E-state index contributed by atoms with van der Waals surface area (Å²) in [5.74, 6) is 0.503. The number of nitrogens with zero attached hydrogens (tertiary/aromatic N) is 1. The third-order valence-electron chi connectivity index (χ3n) is 3.75. The maximum Gasteiger partial charge on any atom is 0.113 e. The first-order chi connectivity index (χ1) is 9.18. The van der Waals surface area contributed by atoms with Gasteiger partial charge in [0.2, 0.25) is 0 Å². The summed E-state index contributed by atoms with van der Waals surface area (Å²) >= 11 is 1.80. The Balaban J connectivity index is 2.15. The van der Waals surface area contributed by atoms with Crippen molar-refractivity contribution in [3.05, 3.63) is 16.1 Å². The Morgan fingerprint density at radius 2 is 2.21 bits per heavy atom. The Kier molecular flexibility index (Phi) is 5.33. The molecule has 1 saturated heterocycles. The molecule has 108 valence electrons. The summed E-state index contributed by atoms with van der Waals surface area (Å²) in [6.07, 6.45) is 2.20. The summed E-state index contributed by atoms with van der Waals surface area (Å²) in [6, 6.07) is 0. The molecule has 0 aliphatic carbocycles. The fourth-order valence-electron chi connectivity index (χ4n) is 2.48. The minimum absolute atomic E-state index is 0.0432. The highest BCUT2D eigenvalue weighted by molar-refractivity contribution is 7.09. The Morgan fingerprint density at radius 3 is 2.79 bits per heavy atom. The van der Waals surface area contributed by atoms with Crippen molar-refractivity contribution in [2.45, 2.75) is 38.1 Å². The van der Waals surface area contributed by atoms with Crippen LogP contribution in [0.1, 0.15) is 43.3 Å². The van der Waals surface area contributed by atoms with Gasteiger partial charge >= 0.3 is 0 Å². The minimum Gasteiger partial charge on any atom is -0.383 e. The van der Waals surface area contributed by atoms with E-state index in [2.05, 4.69) is 29.9 Å². The van der Waals surface area contributed by atoms with Crippen LogP contribution in [0.5, 0.6) is 0 Å². The molecule has 0 spiro atoms. The van der Waals surface area contributed by atoms with Crippen molar-refractivity contribution in [3.8, 4) is 0 Å². The Labute approximate surface area is 120 Å². The molecule has 19 heavy (non-hydrogen) atoms. The molecule has 2 rings (SSSR count). The van der Waals surface area contributed by atoms with Gasteiger partial charge in [0.05, 0.1) is 17.8 Å². The lowest BCUT2D eigenvalue weighted by Crippen LogP contribution is -2.50. The van der Waals surface area contributed by atoms with Crippen LogP contribution in [0.2, 0.25) is 0 Å². The van der Waals surface area contributed by atoms with Gasteiger partial charge in [0.15, 0.2) is 0 Å². The van der Waals surface area contributed by atoms with E-state index in [1.54, 1.807) is 18.4 Å². The molecule has 0 bridgehead atoms. The van der Waals surface area contributed by atoms with E-state index in [0.29, 0.717) is 5.92 Å². The molecular formula is C14H25N3OS. The standard InChI is InChI=1S/C14H25N3OS/c1-11(2)12-10-19-13(17-12)14(16-8-9-18-3)4-6-15-7-5-14/h10-11,15-16H,4-9H2,1-3H3. The molecule has 5 heteroatoms. The van der Waals surface area contributed by atoms with Gasteiger partial charge in [0.1, 0.15) is 5.01 Å². The molecular weight excluding hydrogens is 258 g/mol. The van der Waals surface area contributed by atoms with Crippen LogP contribution in [0.25, 0.3) is 0 Å². The van der Waals surface area contributed by atoms with E-state index >= 15 is 0 Å². The molecule has 0 aromatic carbocycles. The monoisotopic (exact) mass is 283 g/mol. The van der Waals surface area contributed by atoms with Crippen LogP contribution >= 0.6 is 11.3 Å². The fourth-order valence-corrected chi connectivity index (χ4v) is 3.70. The Morgan fingerprint density at radius 1 is 1.47 bits per heavy atom. The van der Waals surface area contributed by atoms with Crippen LogP contribution in [-0.2, 0) is 10.3 Å². The summed E-state index contributed by atoms with van der Waals surface area (Å²) in [5.41, 5.74) is 1.26. The van der Waals surface area contributed by atoms with Gasteiger partial charge in [-0.1, -0.05) is 13.8 Å². The van der Waals surface area contributed by atoms with Crippen LogP contribution in [-0.4, -0.2) is 38.3 Å². The lowest BCUT2D eigenvalue weighted by atomic mass is 9.89. The lowest BCUT2D eigenvalue weighted by Gasteiger charge is -2.37. The predicted molar refractivity (Wildman–Crippen MR) is 79.9 cm³/mol. The first-order valence-corrected chi connectivity index (χ1v) is 7.96. The first-order valence-electron chi connectivity index (χ1n) is 7.08. The zero-order valence-corrected chi connectivity index (χ0v) is 13.0. The largest absolute Gasteiger partial charge is 0.383 e. The van der Waals surface area contributed by atoms with Crippen molar-refractivity contribution in [1.82, 2.24) is 15.6 Å². The van der Waals surface area contributed by atoms with Crippen molar-refractivity contribution in [1.29, 1.82) is 0 Å². The van der Waals surface area contributed by atoms with Gasteiger partial charge in [0, 0.05) is 19.0 Å². The summed E-state index contributed by atoms with van der Waals surface area (Å²) in [6.45, 7) is 8.14. The van der Waals surface area contributed by atoms with Crippen molar-refractivity contribution >= 4 is 11.3 Å². The lowest BCUT2D eigenvalue weighted by molar-refractivity contribution is 0.170. The number of hydrogen-bond acceptors (Lipinski definition) is 5. The maximum absolute atomic E-state index is 5.16. The van der Waals surface area contributed by atoms with Crippen LogP contribution in [0, 0.1) is 0 Å². The maximum atomic E-state index is 5.16. The zero-order chi connectivity index (χ0) is 13.7. The number of hydrogen-bond donors (Lipinski definition) is 2. The normalized spacial score (nSPS) is 18.9. The number of methoxy groups -OCH3 is 1. The zero-order valence-electron chi connectivity index (χ0n) is 12.2. The topological polar surface area (TPSA) is 46.2 Å². The first kappa shape index (κ1) is 14.9. The number of piperidine rings is 1. The molecule has 1 aliphatic heterocycles. The summed E-state index contributed by atoms with van der Waals surface area (Å²) in [4.78, 5) is 4.87. The second kappa shape index (κ2) is 6.79. The fraction of sp³-hybridized carbons (Fsp3) is 0.786. The summed E-state index contributed by atoms with van der Waals surface area (Å²) in [5, 5.41) is 10.6. The molecule has 2 heterocycles. The summed E-state index contributed by atoms with van der Waals surface area (Å²) in [7, 11) is 1.75. The summed E-state index contributed by atoms with van der Waals surface area (Å²) < 4.78 is 5.16. The van der Waals surface area contributed by atoms with Crippen molar-refractivity contribution < 1.29 is 4.74 Å². The quantitative estimate of drug-likeness (QED) is 0.785. The molecule has 0 radical (unpaired) electrons. The van der Waals surface area contributed by atoms with E-state index < -0.39 is 0 Å². The van der Waals surface area contributed by atoms with E-state index in [0.717, 1.165) is 39.1 Å². The molecule has 1 fully saturated rings. The van der Waals surface area contributed by atoms with Gasteiger partial charge in [-0.3, -0.25) is 0 Å². The van der Waals surface area contributed by atoms with E-state index in [1.807, 2.05) is 0 Å². The molecule has 2 N–H and O–H groups in total. The smallest absolute Gasteiger partial charge is 0.113 e. The van der Waals surface area contributed by atoms with Gasteiger partial charge in [-0.15, -0.1) is 11.3 Å². The number of nitrogens with one attached hydrogen (secondary N) is 2. The average Bonchev–Trinajstić information content (AvgIpc) is 2.90. The predicted octanol–water partition coefficient (Wildman–Crippen LogP) is 2.08. The molecule has 0 saturated carbocycles. The molecule has 1 aromatic heterocycles. The minimum atomic E-state index is 0.0432. The van der Waals surface area contributed by atoms with Gasteiger partial charge in [0.25, 0.3) is 0 Å². The number of ether oxygens (including phenoxy) is 1. The van der Waals surface area contributed by atoms with Gasteiger partial charge in [-0.05, 0) is 31.8 Å². The molecule has 4 nitrogen and oxygen atoms in total. The molecule has 0 amide bonds. The molecule has 0 unspecified atom stereocenters. The number of thiazole rings is 1. The van der Waals surface area contributed by atoms with Crippen LogP contribution < -0.4 is 10.6 Å². The van der Waals surface area contributed by atoms with Gasteiger partial charge in [-0.25, -0.2) is 4.98 Å². The molecule has 1 aromatic rings. The number of aromatic nitrogens is 1. The second-order valence-electron chi connectivity index (χ2n) is 5.48. The third kappa shape index (κ3) is 3.54. The van der Waals surface area contributed by atoms with E-state index in [9.17, 15) is 0 Å². The Hall–Kier alpha value is -0.490. The van der Waals surface area contributed by atoms with Crippen LogP contribution in [0.15, 0.2) is 5.38 Å². The van der Waals surface area contributed by atoms with Gasteiger partial charge in [-0.2, -0.15) is 0 Å². The van der Waals surface area contributed by atoms with E-state index in [4.69, 9.17) is 9.72 Å². The third-order valence-corrected chi connectivity index (χ3v) is 4.81. The van der Waals surface area contributed by atoms with E-state index in [1.165, 1.54) is 10.7 Å². The van der Waals surface area contributed by atoms with Crippen molar-refractivity contribution in [2.24, 2.45) is 0 Å². The highest BCUT2D eigenvalue weighted by Gasteiger charge is 2.36. The molecule has 1 aliphatic rings.